The predicted octanol–water partition coefficient (Wildman–Crippen LogP) is 0.539. The van der Waals surface area contributed by atoms with Crippen molar-refractivity contribution < 1.29 is 9.90 Å². The molecule has 0 bridgehead atoms. The number of aliphatic carboxylic acids is 1. The minimum absolute atomic E-state index is 0.129. The molecule has 4 heteroatoms. The van der Waals surface area contributed by atoms with E-state index in [1.807, 2.05) is 0 Å². The van der Waals surface area contributed by atoms with Crippen LogP contribution in [0.1, 0.15) is 19.3 Å². The molecule has 1 aliphatic heterocycles. The minimum Gasteiger partial charge on any atom is -0.477 e. The van der Waals surface area contributed by atoms with Gasteiger partial charge < -0.3 is 10.8 Å². The number of rotatable bonds is 2. The lowest BCUT2D eigenvalue weighted by Gasteiger charge is -2.07. The summed E-state index contributed by atoms with van der Waals surface area (Å²) in [6.45, 7) is 0.790. The van der Waals surface area contributed by atoms with E-state index in [1.54, 1.807) is 0 Å². The van der Waals surface area contributed by atoms with Gasteiger partial charge in [0.25, 0.3) is 0 Å². The van der Waals surface area contributed by atoms with Gasteiger partial charge in [-0.3, -0.25) is 4.99 Å². The Morgan fingerprint density at radius 1 is 1.58 bits per heavy atom. The molecule has 0 saturated heterocycles. The molecule has 66 valence electrons. The Morgan fingerprint density at radius 2 is 2.33 bits per heavy atom. The molecule has 12 heavy (non-hydrogen) atoms. The van der Waals surface area contributed by atoms with Crippen molar-refractivity contribution in [3.63, 3.8) is 0 Å². The Balaban J connectivity index is 2.65. The second-order valence-corrected chi connectivity index (χ2v) is 2.73. The van der Waals surface area contributed by atoms with Gasteiger partial charge in [0.1, 0.15) is 5.70 Å². The van der Waals surface area contributed by atoms with Gasteiger partial charge in [0.15, 0.2) is 0 Å². The van der Waals surface area contributed by atoms with Crippen LogP contribution < -0.4 is 5.73 Å². The van der Waals surface area contributed by atoms with E-state index in [4.69, 9.17) is 10.8 Å². The number of hydrogen-bond donors (Lipinski definition) is 2. The molecule has 3 N–H and O–H groups in total. The Morgan fingerprint density at radius 3 is 2.83 bits per heavy atom. The van der Waals surface area contributed by atoms with E-state index >= 15 is 0 Å². The molecule has 0 aromatic carbocycles. The predicted molar refractivity (Wildman–Crippen MR) is 46.1 cm³/mol. The second-order valence-electron chi connectivity index (χ2n) is 2.73. The monoisotopic (exact) mass is 168 g/mol. The fourth-order valence-corrected chi connectivity index (χ4v) is 1.08. The summed E-state index contributed by atoms with van der Waals surface area (Å²) >= 11 is 0. The molecular formula is C8H12N2O2. The van der Waals surface area contributed by atoms with E-state index in [9.17, 15) is 4.79 Å². The van der Waals surface area contributed by atoms with Gasteiger partial charge in [-0.2, -0.15) is 0 Å². The van der Waals surface area contributed by atoms with E-state index in [0.717, 1.165) is 31.5 Å². The topological polar surface area (TPSA) is 75.7 Å². The zero-order valence-corrected chi connectivity index (χ0v) is 6.79. The number of allylic oxidation sites excluding steroid dienone is 1. The molecule has 0 radical (unpaired) electrons. The van der Waals surface area contributed by atoms with Crippen molar-refractivity contribution in [3.05, 3.63) is 11.8 Å². The molecular weight excluding hydrogens is 156 g/mol. The highest BCUT2D eigenvalue weighted by Gasteiger charge is 2.06. The van der Waals surface area contributed by atoms with E-state index < -0.39 is 5.97 Å². The van der Waals surface area contributed by atoms with Gasteiger partial charge in [0.2, 0.25) is 0 Å². The van der Waals surface area contributed by atoms with Gasteiger partial charge in [0, 0.05) is 12.3 Å². The van der Waals surface area contributed by atoms with Crippen LogP contribution in [0.3, 0.4) is 0 Å². The molecule has 4 nitrogen and oxygen atoms in total. The van der Waals surface area contributed by atoms with Gasteiger partial charge >= 0.3 is 5.97 Å². The molecule has 0 saturated carbocycles. The van der Waals surface area contributed by atoms with E-state index in [2.05, 4.69) is 4.99 Å². The minimum atomic E-state index is -1.08. The van der Waals surface area contributed by atoms with Gasteiger partial charge in [-0.05, 0) is 25.3 Å². The Hall–Kier alpha value is -1.32. The fraction of sp³-hybridized carbons (Fsp3) is 0.500. The van der Waals surface area contributed by atoms with Crippen LogP contribution in [0.2, 0.25) is 0 Å². The first-order chi connectivity index (χ1) is 5.70. The van der Waals surface area contributed by atoms with Crippen molar-refractivity contribution in [2.45, 2.75) is 19.3 Å². The Bertz CT molecular complexity index is 243. The molecule has 0 aromatic rings. The van der Waals surface area contributed by atoms with Crippen LogP contribution in [0.15, 0.2) is 16.8 Å². The molecule has 0 spiro atoms. The van der Waals surface area contributed by atoms with Crippen LogP contribution in [-0.2, 0) is 4.79 Å². The third-order valence-corrected chi connectivity index (χ3v) is 1.72. The second kappa shape index (κ2) is 3.90. The quantitative estimate of drug-likeness (QED) is 0.591. The number of carboxylic acids is 1. The summed E-state index contributed by atoms with van der Waals surface area (Å²) < 4.78 is 0. The summed E-state index contributed by atoms with van der Waals surface area (Å²) in [6, 6.07) is 0. The number of carboxylic acid groups (broad SMARTS) is 1. The number of aliphatic imine (C=N–C) groups is 1. The molecule has 0 amide bonds. The van der Waals surface area contributed by atoms with Crippen LogP contribution in [-0.4, -0.2) is 23.3 Å². The van der Waals surface area contributed by atoms with Crippen molar-refractivity contribution in [3.8, 4) is 0 Å². The van der Waals surface area contributed by atoms with Gasteiger partial charge in [-0.15, -0.1) is 0 Å². The number of carbonyl (C=O) groups is 1. The summed E-state index contributed by atoms with van der Waals surface area (Å²) in [7, 11) is 0. The average molecular weight is 168 g/mol. The Labute approximate surface area is 70.8 Å². The van der Waals surface area contributed by atoms with Crippen molar-refractivity contribution in [2.75, 3.05) is 6.54 Å². The zero-order valence-electron chi connectivity index (χ0n) is 6.79. The summed E-state index contributed by atoms with van der Waals surface area (Å²) in [6.07, 6.45) is 4.45. The first-order valence-corrected chi connectivity index (χ1v) is 3.94. The lowest BCUT2D eigenvalue weighted by Crippen LogP contribution is -2.13. The van der Waals surface area contributed by atoms with Crippen LogP contribution in [0.5, 0.6) is 0 Å². The molecule has 0 aliphatic carbocycles. The van der Waals surface area contributed by atoms with Crippen LogP contribution >= 0.6 is 0 Å². The highest BCUT2D eigenvalue weighted by molar-refractivity contribution is 6.01. The largest absolute Gasteiger partial charge is 0.477 e. The molecule has 1 heterocycles. The number of hydrogen-bond acceptors (Lipinski definition) is 3. The van der Waals surface area contributed by atoms with Crippen LogP contribution in [0, 0.1) is 0 Å². The Kier molecular flexibility index (Phi) is 2.85. The normalized spacial score (nSPS) is 18.7. The maximum atomic E-state index is 10.3. The smallest absolute Gasteiger partial charge is 0.351 e. The van der Waals surface area contributed by atoms with Crippen molar-refractivity contribution >= 4 is 11.7 Å². The summed E-state index contributed by atoms with van der Waals surface area (Å²) in [5.74, 6) is -1.08. The maximum Gasteiger partial charge on any atom is 0.351 e. The number of nitrogens with two attached hydrogens (primary N) is 1. The standard InChI is InChI=1S/C8H12N2O2/c9-7(8(11)12)5-6-3-1-2-4-10-6/h5H,1-4,9H2,(H,11,12). The van der Waals surface area contributed by atoms with Gasteiger partial charge in [0.05, 0.1) is 0 Å². The van der Waals surface area contributed by atoms with Crippen LogP contribution in [0.25, 0.3) is 0 Å². The fourth-order valence-electron chi connectivity index (χ4n) is 1.08. The van der Waals surface area contributed by atoms with E-state index in [0.29, 0.717) is 0 Å². The van der Waals surface area contributed by atoms with Crippen LogP contribution in [0.4, 0.5) is 0 Å². The van der Waals surface area contributed by atoms with Crippen molar-refractivity contribution in [1.29, 1.82) is 0 Å². The van der Waals surface area contributed by atoms with Gasteiger partial charge in [-0.1, -0.05) is 0 Å². The average Bonchev–Trinajstić information content (AvgIpc) is 2.06. The third-order valence-electron chi connectivity index (χ3n) is 1.72. The highest BCUT2D eigenvalue weighted by atomic mass is 16.4. The first kappa shape index (κ1) is 8.77. The molecule has 0 fully saturated rings. The maximum absolute atomic E-state index is 10.3. The highest BCUT2D eigenvalue weighted by Crippen LogP contribution is 2.07. The summed E-state index contributed by atoms with van der Waals surface area (Å²) in [4.78, 5) is 14.5. The molecule has 1 aliphatic rings. The third kappa shape index (κ3) is 2.38. The van der Waals surface area contributed by atoms with E-state index in [-0.39, 0.29) is 5.70 Å². The zero-order chi connectivity index (χ0) is 8.97. The number of nitrogens with zero attached hydrogens (tertiary/aromatic N) is 1. The molecule has 0 unspecified atom stereocenters. The lowest BCUT2D eigenvalue weighted by molar-refractivity contribution is -0.132. The van der Waals surface area contributed by atoms with Crippen molar-refractivity contribution in [1.82, 2.24) is 0 Å². The summed E-state index contributed by atoms with van der Waals surface area (Å²) in [5, 5.41) is 8.46. The SMILES string of the molecule is NC(=CC1=NCCCC1)C(=O)O. The first-order valence-electron chi connectivity index (χ1n) is 3.94. The molecule has 0 aromatic heterocycles. The molecule has 1 rings (SSSR count). The summed E-state index contributed by atoms with van der Waals surface area (Å²) in [5.41, 5.74) is 5.91. The van der Waals surface area contributed by atoms with Crippen molar-refractivity contribution in [2.24, 2.45) is 10.7 Å². The van der Waals surface area contributed by atoms with E-state index in [1.165, 1.54) is 6.08 Å². The molecule has 0 atom stereocenters. The van der Waals surface area contributed by atoms with Gasteiger partial charge in [-0.25, -0.2) is 4.79 Å². The lowest BCUT2D eigenvalue weighted by atomic mass is 10.1.